The summed E-state index contributed by atoms with van der Waals surface area (Å²) < 4.78 is 85.8. The second-order valence-corrected chi connectivity index (χ2v) is 8.58. The van der Waals surface area contributed by atoms with Crippen LogP contribution in [0.15, 0.2) is 84.9 Å². The standard InChI is InChI=1S/2C13H7F3N2O5/c2*14-13(15,16)8-1-6-12(11(7-8)18(21)22)23-10-4-2-9(3-5-10)17(19)20/h2*1-7H. The lowest BCUT2D eigenvalue weighted by atomic mass is 10.2. The van der Waals surface area contributed by atoms with E-state index in [0.29, 0.717) is 24.3 Å². The number of hydrogen-bond acceptors (Lipinski definition) is 10. The largest absolute Gasteiger partial charge is 0.450 e. The Morgan fingerprint density at radius 2 is 0.761 bits per heavy atom. The highest BCUT2D eigenvalue weighted by Crippen LogP contribution is 2.39. The van der Waals surface area contributed by atoms with Crippen LogP contribution in [-0.4, -0.2) is 19.7 Å². The summed E-state index contributed by atoms with van der Waals surface area (Å²) in [6.45, 7) is 0. The zero-order chi connectivity index (χ0) is 34.4. The first kappa shape index (κ1) is 34.2. The molecule has 46 heavy (non-hydrogen) atoms. The molecule has 0 aromatic heterocycles. The molecule has 240 valence electrons. The number of nitro groups is 4. The van der Waals surface area contributed by atoms with Gasteiger partial charge in [0.2, 0.25) is 11.5 Å². The van der Waals surface area contributed by atoms with Crippen molar-refractivity contribution >= 4 is 22.7 Å². The van der Waals surface area contributed by atoms with Gasteiger partial charge in [0.05, 0.1) is 30.8 Å². The van der Waals surface area contributed by atoms with E-state index >= 15 is 0 Å². The molecule has 0 amide bonds. The van der Waals surface area contributed by atoms with Gasteiger partial charge in [-0.25, -0.2) is 0 Å². The Morgan fingerprint density at radius 1 is 0.457 bits per heavy atom. The van der Waals surface area contributed by atoms with Crippen molar-refractivity contribution in [3.8, 4) is 23.0 Å². The molecule has 0 spiro atoms. The highest BCUT2D eigenvalue weighted by molar-refractivity contribution is 5.53. The molecule has 20 heteroatoms. The topological polar surface area (TPSA) is 191 Å². The van der Waals surface area contributed by atoms with E-state index in [1.807, 2.05) is 0 Å². The Hall–Kier alpha value is -6.34. The van der Waals surface area contributed by atoms with Crippen LogP contribution >= 0.6 is 0 Å². The predicted molar refractivity (Wildman–Crippen MR) is 143 cm³/mol. The van der Waals surface area contributed by atoms with Crippen LogP contribution in [0.1, 0.15) is 11.1 Å². The first-order valence-electron chi connectivity index (χ1n) is 11.9. The van der Waals surface area contributed by atoms with Crippen LogP contribution in [0.3, 0.4) is 0 Å². The van der Waals surface area contributed by atoms with Crippen molar-refractivity contribution in [3.05, 3.63) is 137 Å². The maximum atomic E-state index is 12.6. The molecule has 0 unspecified atom stereocenters. The Balaban J connectivity index is 0.000000250. The van der Waals surface area contributed by atoms with Crippen molar-refractivity contribution in [1.82, 2.24) is 0 Å². The molecule has 4 aromatic rings. The van der Waals surface area contributed by atoms with Gasteiger partial charge in [0.1, 0.15) is 11.5 Å². The maximum Gasteiger partial charge on any atom is 0.416 e. The molecule has 0 bridgehead atoms. The zero-order valence-corrected chi connectivity index (χ0v) is 22.2. The van der Waals surface area contributed by atoms with E-state index in [1.165, 1.54) is 24.3 Å². The van der Waals surface area contributed by atoms with Crippen LogP contribution in [-0.2, 0) is 12.4 Å². The average molecular weight is 656 g/mol. The van der Waals surface area contributed by atoms with Crippen molar-refractivity contribution in [1.29, 1.82) is 0 Å². The van der Waals surface area contributed by atoms with Gasteiger partial charge in [-0.1, -0.05) is 0 Å². The van der Waals surface area contributed by atoms with Crippen molar-refractivity contribution in [2.75, 3.05) is 0 Å². The first-order chi connectivity index (χ1) is 21.4. The number of nitrogens with zero attached hydrogens (tertiary/aromatic N) is 4. The molecule has 14 nitrogen and oxygen atoms in total. The fourth-order valence-electron chi connectivity index (χ4n) is 3.37. The molecule has 0 aliphatic rings. The number of nitro benzene ring substituents is 4. The van der Waals surface area contributed by atoms with Crippen molar-refractivity contribution in [2.24, 2.45) is 0 Å². The van der Waals surface area contributed by atoms with Crippen LogP contribution in [0, 0.1) is 40.5 Å². The third kappa shape index (κ3) is 8.84. The van der Waals surface area contributed by atoms with Gasteiger partial charge in [0, 0.05) is 36.4 Å². The highest BCUT2D eigenvalue weighted by atomic mass is 19.4. The van der Waals surface area contributed by atoms with Gasteiger partial charge in [-0.2, -0.15) is 26.3 Å². The van der Waals surface area contributed by atoms with E-state index in [1.54, 1.807) is 0 Å². The minimum Gasteiger partial charge on any atom is -0.450 e. The fourth-order valence-corrected chi connectivity index (χ4v) is 3.37. The summed E-state index contributed by atoms with van der Waals surface area (Å²) in [5.74, 6) is -0.786. The molecule has 0 saturated heterocycles. The summed E-state index contributed by atoms with van der Waals surface area (Å²) in [7, 11) is 0. The normalized spacial score (nSPS) is 11.1. The number of alkyl halides is 6. The van der Waals surface area contributed by atoms with E-state index in [0.717, 1.165) is 36.4 Å². The first-order valence-corrected chi connectivity index (χ1v) is 11.9. The summed E-state index contributed by atoms with van der Waals surface area (Å²) in [5, 5.41) is 42.8. The summed E-state index contributed by atoms with van der Waals surface area (Å²) in [6, 6.07) is 12.8. The maximum absolute atomic E-state index is 12.6. The minimum atomic E-state index is -4.73. The van der Waals surface area contributed by atoms with Gasteiger partial charge in [0.15, 0.2) is 0 Å². The minimum absolute atomic E-state index is 0.0125. The molecule has 0 radical (unpaired) electrons. The number of non-ortho nitro benzene ring substituents is 2. The monoisotopic (exact) mass is 656 g/mol. The second kappa shape index (κ2) is 13.5. The van der Waals surface area contributed by atoms with E-state index in [-0.39, 0.29) is 22.9 Å². The van der Waals surface area contributed by atoms with Crippen LogP contribution in [0.4, 0.5) is 49.1 Å². The third-order valence-corrected chi connectivity index (χ3v) is 5.52. The molecule has 0 heterocycles. The summed E-state index contributed by atoms with van der Waals surface area (Å²) in [4.78, 5) is 39.5. The highest BCUT2D eigenvalue weighted by Gasteiger charge is 2.34. The van der Waals surface area contributed by atoms with Crippen LogP contribution in [0.5, 0.6) is 23.0 Å². The second-order valence-electron chi connectivity index (χ2n) is 8.58. The molecule has 0 fully saturated rings. The van der Waals surface area contributed by atoms with E-state index in [4.69, 9.17) is 9.47 Å². The van der Waals surface area contributed by atoms with Gasteiger partial charge >= 0.3 is 23.7 Å². The van der Waals surface area contributed by atoms with Gasteiger partial charge in [-0.3, -0.25) is 40.5 Å². The van der Waals surface area contributed by atoms with Gasteiger partial charge in [0.25, 0.3) is 11.4 Å². The number of ether oxygens (including phenoxy) is 2. The summed E-state index contributed by atoms with van der Waals surface area (Å²) in [6.07, 6.45) is -9.45. The SMILES string of the molecule is O=[N+]([O-])c1ccc(Oc2ccc(C(F)(F)F)cc2[N+](=O)[O-])cc1.O=[N+]([O-])c1ccc(Oc2ccc(C(F)(F)F)cc2[N+](=O)[O-])cc1. The quantitative estimate of drug-likeness (QED) is 0.101. The van der Waals surface area contributed by atoms with Crippen LogP contribution in [0.25, 0.3) is 0 Å². The molecule has 4 rings (SSSR count). The van der Waals surface area contributed by atoms with Crippen LogP contribution < -0.4 is 9.47 Å². The lowest BCUT2D eigenvalue weighted by Crippen LogP contribution is -2.06. The Labute approximate surface area is 250 Å². The Morgan fingerprint density at radius 3 is 1.00 bits per heavy atom. The average Bonchev–Trinajstić information content (AvgIpc) is 2.97. The van der Waals surface area contributed by atoms with Crippen LogP contribution in [0.2, 0.25) is 0 Å². The molecule has 0 atom stereocenters. The number of halogens is 6. The smallest absolute Gasteiger partial charge is 0.416 e. The number of benzene rings is 4. The van der Waals surface area contributed by atoms with E-state index in [9.17, 15) is 66.8 Å². The molecule has 0 aliphatic carbocycles. The van der Waals surface area contributed by atoms with Gasteiger partial charge in [-0.05, 0) is 48.5 Å². The van der Waals surface area contributed by atoms with Crippen molar-refractivity contribution in [2.45, 2.75) is 12.4 Å². The zero-order valence-electron chi connectivity index (χ0n) is 22.2. The Bertz CT molecular complexity index is 1650. The molecular formula is C26H14F6N4O10. The molecule has 4 aromatic carbocycles. The number of hydrogen-bond donors (Lipinski definition) is 0. The fraction of sp³-hybridized carbons (Fsp3) is 0.0769. The summed E-state index contributed by atoms with van der Waals surface area (Å²) in [5.41, 5.74) is -4.53. The van der Waals surface area contributed by atoms with E-state index in [2.05, 4.69) is 0 Å². The molecule has 0 aliphatic heterocycles. The summed E-state index contributed by atoms with van der Waals surface area (Å²) >= 11 is 0. The molecule has 0 N–H and O–H groups in total. The lowest BCUT2D eigenvalue weighted by molar-refractivity contribution is -0.386. The third-order valence-electron chi connectivity index (χ3n) is 5.52. The Kier molecular flexibility index (Phi) is 10.0. The lowest BCUT2D eigenvalue weighted by Gasteiger charge is -2.09. The van der Waals surface area contributed by atoms with E-state index < -0.39 is 66.0 Å². The van der Waals surface area contributed by atoms with Crippen molar-refractivity contribution < 1.29 is 55.5 Å². The molecular weight excluding hydrogens is 642 g/mol. The number of rotatable bonds is 8. The van der Waals surface area contributed by atoms with Gasteiger partial charge in [-0.15, -0.1) is 0 Å². The van der Waals surface area contributed by atoms with Crippen molar-refractivity contribution in [3.63, 3.8) is 0 Å². The molecule has 0 saturated carbocycles. The van der Waals surface area contributed by atoms with Gasteiger partial charge < -0.3 is 9.47 Å². The predicted octanol–water partition coefficient (Wildman–Crippen LogP) is 8.63.